The van der Waals surface area contributed by atoms with Crippen molar-refractivity contribution >= 4 is 29.1 Å². The topological polar surface area (TPSA) is 49.4 Å². The van der Waals surface area contributed by atoms with Crippen molar-refractivity contribution in [3.8, 4) is 0 Å². The van der Waals surface area contributed by atoms with Gasteiger partial charge in [-0.25, -0.2) is 0 Å². The smallest absolute Gasteiger partial charge is 0.334 e. The van der Waals surface area contributed by atoms with Crippen molar-refractivity contribution in [2.75, 3.05) is 11.9 Å². The van der Waals surface area contributed by atoms with Gasteiger partial charge in [-0.15, -0.1) is 0 Å². The van der Waals surface area contributed by atoms with Crippen molar-refractivity contribution < 1.29 is 22.8 Å². The number of anilines is 1. The summed E-state index contributed by atoms with van der Waals surface area (Å²) in [6.07, 6.45) is -1.85. The van der Waals surface area contributed by atoms with Crippen molar-refractivity contribution in [3.63, 3.8) is 0 Å². The third-order valence-corrected chi connectivity index (χ3v) is 6.37. The summed E-state index contributed by atoms with van der Waals surface area (Å²) in [5, 5.41) is 2.99. The first-order valence-electron chi connectivity index (χ1n) is 11.7. The van der Waals surface area contributed by atoms with Gasteiger partial charge in [-0.1, -0.05) is 54.1 Å². The molecule has 2 amide bonds. The van der Waals surface area contributed by atoms with Gasteiger partial charge in [-0.05, 0) is 66.1 Å². The summed E-state index contributed by atoms with van der Waals surface area (Å²) < 4.78 is 39.5. The molecule has 1 aliphatic carbocycles. The third kappa shape index (κ3) is 6.66. The van der Waals surface area contributed by atoms with Crippen molar-refractivity contribution in [3.05, 3.63) is 99.6 Å². The van der Waals surface area contributed by atoms with E-state index in [1.807, 2.05) is 12.1 Å². The largest absolute Gasteiger partial charge is 0.416 e. The molecule has 188 valence electrons. The lowest BCUT2D eigenvalue weighted by atomic mass is 10.0. The molecule has 1 fully saturated rings. The highest BCUT2D eigenvalue weighted by Crippen LogP contribution is 2.40. The van der Waals surface area contributed by atoms with Gasteiger partial charge in [0.05, 0.1) is 16.8 Å². The van der Waals surface area contributed by atoms with Crippen LogP contribution in [0.3, 0.4) is 0 Å². The third-order valence-electron chi connectivity index (χ3n) is 6.14. The summed E-state index contributed by atoms with van der Waals surface area (Å²) in [5.41, 5.74) is 2.46. The molecule has 1 saturated carbocycles. The van der Waals surface area contributed by atoms with Crippen LogP contribution < -0.4 is 5.32 Å². The molecular formula is C28H26ClF3N2O2. The highest BCUT2D eigenvalue weighted by molar-refractivity contribution is 6.31. The molecule has 0 radical (unpaired) electrons. The predicted octanol–water partition coefficient (Wildman–Crippen LogP) is 7.08. The molecule has 1 N–H and O–H groups in total. The van der Waals surface area contributed by atoms with Crippen LogP contribution in [-0.4, -0.2) is 23.3 Å². The first-order chi connectivity index (χ1) is 17.1. The van der Waals surface area contributed by atoms with E-state index in [1.54, 1.807) is 23.1 Å². The number of nitrogens with zero attached hydrogens (tertiary/aromatic N) is 1. The number of nitrogens with one attached hydrogen (secondary N) is 1. The van der Waals surface area contributed by atoms with E-state index in [1.165, 1.54) is 37.5 Å². The quantitative estimate of drug-likeness (QED) is 0.349. The molecule has 0 aromatic heterocycles. The summed E-state index contributed by atoms with van der Waals surface area (Å²) in [5.74, 6) is -0.110. The molecule has 0 unspecified atom stereocenters. The molecule has 0 heterocycles. The molecule has 8 heteroatoms. The Bertz CT molecular complexity index is 1250. The fourth-order valence-electron chi connectivity index (χ4n) is 4.11. The number of rotatable bonds is 8. The molecule has 36 heavy (non-hydrogen) atoms. The lowest BCUT2D eigenvalue weighted by molar-refractivity contribution is -0.137. The Morgan fingerprint density at radius 2 is 1.72 bits per heavy atom. The van der Waals surface area contributed by atoms with Crippen molar-refractivity contribution in [1.82, 2.24) is 4.90 Å². The SMILES string of the molecule is CC(=O)Nc1ccc(Cl)cc1C(=O)N(CCc1cccc(C(F)(F)F)c1)Cc1ccc(C2CC2)cc1. The van der Waals surface area contributed by atoms with Crippen molar-refractivity contribution in [1.29, 1.82) is 0 Å². The highest BCUT2D eigenvalue weighted by atomic mass is 35.5. The first-order valence-corrected chi connectivity index (χ1v) is 12.1. The normalized spacial score (nSPS) is 13.4. The van der Waals surface area contributed by atoms with E-state index in [0.29, 0.717) is 22.2 Å². The number of hydrogen-bond acceptors (Lipinski definition) is 2. The standard InChI is InChI=1S/C28H26ClF3N2O2/c1-18(35)33-26-12-11-24(29)16-25(26)27(36)34(17-20-5-7-21(8-6-20)22-9-10-22)14-13-19-3-2-4-23(15-19)28(30,31)32/h2-8,11-12,15-16,22H,9-10,13-14,17H2,1H3,(H,33,35). The number of hydrogen-bond donors (Lipinski definition) is 1. The second-order valence-corrected chi connectivity index (χ2v) is 9.50. The van der Waals surface area contributed by atoms with Crippen molar-refractivity contribution in [2.24, 2.45) is 0 Å². The van der Waals surface area contributed by atoms with E-state index in [-0.39, 0.29) is 36.9 Å². The Morgan fingerprint density at radius 3 is 2.36 bits per heavy atom. The summed E-state index contributed by atoms with van der Waals surface area (Å²) >= 11 is 6.16. The average Bonchev–Trinajstić information content (AvgIpc) is 3.68. The lowest BCUT2D eigenvalue weighted by Crippen LogP contribution is -2.33. The molecule has 3 aromatic rings. The molecule has 0 atom stereocenters. The maximum atomic E-state index is 13.7. The summed E-state index contributed by atoms with van der Waals surface area (Å²) in [4.78, 5) is 26.9. The fraction of sp³-hybridized carbons (Fsp3) is 0.286. The van der Waals surface area contributed by atoms with Gasteiger partial charge in [-0.3, -0.25) is 9.59 Å². The number of amides is 2. The Morgan fingerprint density at radius 1 is 1.00 bits per heavy atom. The van der Waals surface area contributed by atoms with Crippen LogP contribution in [0.2, 0.25) is 5.02 Å². The number of carbonyl (C=O) groups excluding carboxylic acids is 2. The van der Waals surface area contributed by atoms with Crippen LogP contribution in [-0.2, 0) is 23.9 Å². The van der Waals surface area contributed by atoms with Gasteiger partial charge >= 0.3 is 6.18 Å². The van der Waals surface area contributed by atoms with Crippen LogP contribution in [0.5, 0.6) is 0 Å². The van der Waals surface area contributed by atoms with E-state index in [4.69, 9.17) is 11.6 Å². The van der Waals surface area contributed by atoms with E-state index in [9.17, 15) is 22.8 Å². The van der Waals surface area contributed by atoms with E-state index in [2.05, 4.69) is 17.4 Å². The van der Waals surface area contributed by atoms with Gasteiger partial charge in [0.2, 0.25) is 5.91 Å². The van der Waals surface area contributed by atoms with Crippen molar-refractivity contribution in [2.45, 2.75) is 44.8 Å². The molecule has 0 saturated heterocycles. The molecule has 0 spiro atoms. The Labute approximate surface area is 213 Å². The van der Waals surface area contributed by atoms with Crippen LogP contribution in [0.1, 0.15) is 58.3 Å². The molecule has 4 rings (SSSR count). The van der Waals surface area contributed by atoms with E-state index >= 15 is 0 Å². The second kappa shape index (κ2) is 10.7. The van der Waals surface area contributed by atoms with Gasteiger partial charge in [0.15, 0.2) is 0 Å². The molecule has 1 aliphatic rings. The minimum Gasteiger partial charge on any atom is -0.334 e. The van der Waals surface area contributed by atoms with Gasteiger partial charge in [-0.2, -0.15) is 13.2 Å². The molecular weight excluding hydrogens is 489 g/mol. The maximum absolute atomic E-state index is 13.7. The molecule has 3 aromatic carbocycles. The fourth-order valence-corrected chi connectivity index (χ4v) is 4.29. The molecule has 4 nitrogen and oxygen atoms in total. The van der Waals surface area contributed by atoms with E-state index in [0.717, 1.165) is 17.7 Å². The predicted molar refractivity (Wildman–Crippen MR) is 134 cm³/mol. The maximum Gasteiger partial charge on any atom is 0.416 e. The molecule has 0 aliphatic heterocycles. The number of carbonyl (C=O) groups is 2. The number of halogens is 4. The van der Waals surface area contributed by atoms with Crippen LogP contribution in [0.4, 0.5) is 18.9 Å². The van der Waals surface area contributed by atoms with Gasteiger partial charge in [0.25, 0.3) is 5.91 Å². The minimum absolute atomic E-state index is 0.177. The van der Waals surface area contributed by atoms with Crippen LogP contribution >= 0.6 is 11.6 Å². The van der Waals surface area contributed by atoms with Gasteiger partial charge in [0.1, 0.15) is 0 Å². The zero-order chi connectivity index (χ0) is 25.9. The van der Waals surface area contributed by atoms with E-state index < -0.39 is 11.7 Å². The van der Waals surface area contributed by atoms with Crippen LogP contribution in [0.15, 0.2) is 66.7 Å². The van der Waals surface area contributed by atoms with Gasteiger partial charge < -0.3 is 10.2 Å². The second-order valence-electron chi connectivity index (χ2n) is 9.06. The zero-order valence-electron chi connectivity index (χ0n) is 19.7. The van der Waals surface area contributed by atoms with Crippen LogP contribution in [0, 0.1) is 0 Å². The Kier molecular flexibility index (Phi) is 7.69. The van der Waals surface area contributed by atoms with Gasteiger partial charge in [0, 0.05) is 25.0 Å². The lowest BCUT2D eigenvalue weighted by Gasteiger charge is -2.25. The zero-order valence-corrected chi connectivity index (χ0v) is 20.5. The Balaban J connectivity index is 1.61. The highest BCUT2D eigenvalue weighted by Gasteiger charge is 2.30. The Hall–Kier alpha value is -3.32. The average molecular weight is 515 g/mol. The number of alkyl halides is 3. The number of benzene rings is 3. The minimum atomic E-state index is -4.44. The monoisotopic (exact) mass is 514 g/mol. The summed E-state index contributed by atoms with van der Waals surface area (Å²) in [7, 11) is 0. The molecule has 0 bridgehead atoms. The summed E-state index contributed by atoms with van der Waals surface area (Å²) in [6.45, 7) is 1.78. The summed E-state index contributed by atoms with van der Waals surface area (Å²) in [6, 6.07) is 17.8. The van der Waals surface area contributed by atoms with Crippen LogP contribution in [0.25, 0.3) is 0 Å². The first kappa shape index (κ1) is 25.8.